The second kappa shape index (κ2) is 7.85. The summed E-state index contributed by atoms with van der Waals surface area (Å²) in [4.78, 5) is 36.8. The van der Waals surface area contributed by atoms with E-state index in [2.05, 4.69) is 10.6 Å². The van der Waals surface area contributed by atoms with Gasteiger partial charge in [0, 0.05) is 13.1 Å². The average Bonchev–Trinajstić information content (AvgIpc) is 2.96. The maximum Gasteiger partial charge on any atom is 0.326 e. The van der Waals surface area contributed by atoms with Crippen LogP contribution in [0.15, 0.2) is 0 Å². The highest BCUT2D eigenvalue weighted by molar-refractivity contribution is 5.88. The van der Waals surface area contributed by atoms with Crippen LogP contribution >= 0.6 is 0 Å². The third-order valence-corrected chi connectivity index (χ3v) is 3.90. The Morgan fingerprint density at radius 2 is 1.71 bits per heavy atom. The molecule has 1 rings (SSSR count). The average molecular weight is 299 g/mol. The molecule has 1 fully saturated rings. The van der Waals surface area contributed by atoms with Gasteiger partial charge in [-0.2, -0.15) is 0 Å². The molecule has 7 heteroatoms. The summed E-state index contributed by atoms with van der Waals surface area (Å²) in [6.45, 7) is 6.67. The van der Waals surface area contributed by atoms with Crippen LogP contribution in [-0.2, 0) is 9.59 Å². The molecule has 1 saturated heterocycles. The third-order valence-electron chi connectivity index (χ3n) is 3.90. The first-order valence-electron chi connectivity index (χ1n) is 7.45. The van der Waals surface area contributed by atoms with Crippen molar-refractivity contribution >= 4 is 17.9 Å². The number of likely N-dealkylation sites (tertiary alicyclic amines) is 1. The minimum atomic E-state index is -1.07. The molecule has 0 radical (unpaired) electrons. The Hall–Kier alpha value is -1.79. The van der Waals surface area contributed by atoms with Gasteiger partial charge in [0.15, 0.2) is 0 Å². The summed E-state index contributed by atoms with van der Waals surface area (Å²) in [5.41, 5.74) is 0. The fourth-order valence-electron chi connectivity index (χ4n) is 2.34. The molecule has 1 unspecified atom stereocenters. The summed E-state index contributed by atoms with van der Waals surface area (Å²) in [6, 6.07) is -2.23. The highest BCUT2D eigenvalue weighted by atomic mass is 16.4. The van der Waals surface area contributed by atoms with Crippen molar-refractivity contribution in [2.45, 2.75) is 52.1 Å². The molecule has 0 aromatic rings. The van der Waals surface area contributed by atoms with E-state index in [9.17, 15) is 14.4 Å². The normalized spacial score (nSPS) is 18.7. The Morgan fingerprint density at radius 3 is 2.19 bits per heavy atom. The van der Waals surface area contributed by atoms with E-state index in [-0.39, 0.29) is 11.8 Å². The number of nitrogens with one attached hydrogen (secondary N) is 2. The number of carboxylic acid groups (broad SMARTS) is 1. The van der Waals surface area contributed by atoms with E-state index in [1.54, 1.807) is 18.7 Å². The highest BCUT2D eigenvalue weighted by Crippen LogP contribution is 2.10. The van der Waals surface area contributed by atoms with Crippen LogP contribution in [0, 0.1) is 5.92 Å². The number of aliphatic carboxylic acids is 1. The summed E-state index contributed by atoms with van der Waals surface area (Å²) in [6.07, 6.45) is 2.61. The van der Waals surface area contributed by atoms with Crippen LogP contribution in [0.25, 0.3) is 0 Å². The molecule has 21 heavy (non-hydrogen) atoms. The van der Waals surface area contributed by atoms with Crippen LogP contribution in [-0.4, -0.2) is 53.1 Å². The largest absolute Gasteiger partial charge is 0.480 e. The molecule has 3 atom stereocenters. The molecule has 0 aromatic heterocycles. The van der Waals surface area contributed by atoms with E-state index >= 15 is 0 Å². The van der Waals surface area contributed by atoms with Crippen molar-refractivity contribution < 1.29 is 19.5 Å². The molecule has 7 nitrogen and oxygen atoms in total. The first-order valence-corrected chi connectivity index (χ1v) is 7.45. The number of nitrogens with zero attached hydrogens (tertiary/aromatic N) is 1. The SMILES string of the molecule is CC[C@H](C)[C@H](NC(=O)NC(C)C(=O)N1CCCC1)C(=O)O. The Labute approximate surface area is 125 Å². The lowest BCUT2D eigenvalue weighted by molar-refractivity contribution is -0.140. The van der Waals surface area contributed by atoms with Gasteiger partial charge < -0.3 is 20.6 Å². The molecular formula is C14H25N3O4. The first-order chi connectivity index (χ1) is 9.86. The maximum atomic E-state index is 12.1. The van der Waals surface area contributed by atoms with Gasteiger partial charge in [-0.15, -0.1) is 0 Å². The van der Waals surface area contributed by atoms with Gasteiger partial charge in [-0.25, -0.2) is 9.59 Å². The van der Waals surface area contributed by atoms with Gasteiger partial charge in [0.05, 0.1) is 0 Å². The zero-order valence-electron chi connectivity index (χ0n) is 12.9. The van der Waals surface area contributed by atoms with Gasteiger partial charge in [0.1, 0.15) is 12.1 Å². The van der Waals surface area contributed by atoms with Gasteiger partial charge in [0.25, 0.3) is 0 Å². The molecule has 0 saturated carbocycles. The van der Waals surface area contributed by atoms with Gasteiger partial charge >= 0.3 is 12.0 Å². The molecule has 3 amide bonds. The number of rotatable bonds is 6. The minimum absolute atomic E-state index is 0.127. The summed E-state index contributed by atoms with van der Waals surface area (Å²) in [5.74, 6) is -1.38. The van der Waals surface area contributed by atoms with Gasteiger partial charge in [-0.05, 0) is 25.7 Å². The molecule has 1 aliphatic rings. The Bertz CT molecular complexity index is 394. The molecule has 1 aliphatic heterocycles. The third kappa shape index (κ3) is 4.91. The first kappa shape index (κ1) is 17.3. The molecule has 0 aliphatic carbocycles. The van der Waals surface area contributed by atoms with Crippen molar-refractivity contribution in [3.63, 3.8) is 0 Å². The molecule has 120 valence electrons. The van der Waals surface area contributed by atoms with E-state index in [0.29, 0.717) is 6.42 Å². The van der Waals surface area contributed by atoms with E-state index in [1.807, 2.05) is 6.92 Å². The Balaban J connectivity index is 2.51. The predicted octanol–water partition coefficient (Wildman–Crippen LogP) is 0.796. The van der Waals surface area contributed by atoms with Crippen molar-refractivity contribution in [2.24, 2.45) is 5.92 Å². The predicted molar refractivity (Wildman–Crippen MR) is 77.8 cm³/mol. The number of carbonyl (C=O) groups is 3. The summed E-state index contributed by atoms with van der Waals surface area (Å²) in [7, 11) is 0. The molecule has 0 bridgehead atoms. The van der Waals surface area contributed by atoms with Crippen LogP contribution in [0.3, 0.4) is 0 Å². The lowest BCUT2D eigenvalue weighted by Crippen LogP contribution is -2.54. The summed E-state index contributed by atoms with van der Waals surface area (Å²) < 4.78 is 0. The van der Waals surface area contributed by atoms with Crippen LogP contribution < -0.4 is 10.6 Å². The molecule has 0 spiro atoms. The number of urea groups is 1. The molecule has 3 N–H and O–H groups in total. The number of hydrogen-bond donors (Lipinski definition) is 3. The summed E-state index contributed by atoms with van der Waals surface area (Å²) >= 11 is 0. The number of amides is 3. The Kier molecular flexibility index (Phi) is 6.45. The second-order valence-electron chi connectivity index (χ2n) is 5.57. The van der Waals surface area contributed by atoms with Crippen molar-refractivity contribution in [2.75, 3.05) is 13.1 Å². The van der Waals surface area contributed by atoms with Gasteiger partial charge in [0.2, 0.25) is 5.91 Å². The maximum absolute atomic E-state index is 12.1. The van der Waals surface area contributed by atoms with E-state index < -0.39 is 24.1 Å². The fourth-order valence-corrected chi connectivity index (χ4v) is 2.34. The second-order valence-corrected chi connectivity index (χ2v) is 5.57. The zero-order chi connectivity index (χ0) is 16.0. The smallest absolute Gasteiger partial charge is 0.326 e. The fraction of sp³-hybridized carbons (Fsp3) is 0.786. The van der Waals surface area contributed by atoms with Crippen molar-refractivity contribution in [3.05, 3.63) is 0 Å². The van der Waals surface area contributed by atoms with Crippen molar-refractivity contribution in [1.82, 2.24) is 15.5 Å². The van der Waals surface area contributed by atoms with Crippen LogP contribution in [0.4, 0.5) is 4.79 Å². The monoisotopic (exact) mass is 299 g/mol. The minimum Gasteiger partial charge on any atom is -0.480 e. The molecular weight excluding hydrogens is 274 g/mol. The Morgan fingerprint density at radius 1 is 1.14 bits per heavy atom. The van der Waals surface area contributed by atoms with E-state index in [1.165, 1.54) is 0 Å². The quantitative estimate of drug-likeness (QED) is 0.675. The van der Waals surface area contributed by atoms with E-state index in [4.69, 9.17) is 5.11 Å². The van der Waals surface area contributed by atoms with Crippen LogP contribution in [0.5, 0.6) is 0 Å². The highest BCUT2D eigenvalue weighted by Gasteiger charge is 2.28. The number of carboxylic acids is 1. The number of carbonyl (C=O) groups excluding carboxylic acids is 2. The lowest BCUT2D eigenvalue weighted by atomic mass is 9.99. The van der Waals surface area contributed by atoms with E-state index in [0.717, 1.165) is 25.9 Å². The van der Waals surface area contributed by atoms with Crippen LogP contribution in [0.1, 0.15) is 40.0 Å². The standard InChI is InChI=1S/C14H25N3O4/c1-4-9(2)11(13(19)20)16-14(21)15-10(3)12(18)17-7-5-6-8-17/h9-11H,4-8H2,1-3H3,(H,19,20)(H2,15,16,21)/t9-,10?,11-/m0/s1. The topological polar surface area (TPSA) is 98.7 Å². The van der Waals surface area contributed by atoms with Crippen molar-refractivity contribution in [1.29, 1.82) is 0 Å². The lowest BCUT2D eigenvalue weighted by Gasteiger charge is -2.24. The molecule has 1 heterocycles. The molecule has 0 aromatic carbocycles. The van der Waals surface area contributed by atoms with Gasteiger partial charge in [-0.1, -0.05) is 20.3 Å². The van der Waals surface area contributed by atoms with Gasteiger partial charge in [-0.3, -0.25) is 4.79 Å². The number of hydrogen-bond acceptors (Lipinski definition) is 3. The summed E-state index contributed by atoms with van der Waals surface area (Å²) in [5, 5.41) is 14.1. The zero-order valence-corrected chi connectivity index (χ0v) is 12.9. The van der Waals surface area contributed by atoms with Crippen molar-refractivity contribution in [3.8, 4) is 0 Å². The van der Waals surface area contributed by atoms with Crippen LogP contribution in [0.2, 0.25) is 0 Å².